The first kappa shape index (κ1) is 17.9. The second-order valence-electron chi connectivity index (χ2n) is 5.47. The summed E-state index contributed by atoms with van der Waals surface area (Å²) in [5, 5.41) is 2.63. The molecule has 0 aliphatic heterocycles. The van der Waals surface area contributed by atoms with Crippen molar-refractivity contribution in [2.75, 3.05) is 0 Å². The van der Waals surface area contributed by atoms with Crippen LogP contribution in [0.5, 0.6) is 0 Å². The summed E-state index contributed by atoms with van der Waals surface area (Å²) in [6, 6.07) is 29.8. The van der Waals surface area contributed by atoms with Gasteiger partial charge < -0.3 is 0 Å². The Kier molecular flexibility index (Phi) is 5.92. The van der Waals surface area contributed by atoms with Gasteiger partial charge in [0.2, 0.25) is 0 Å². The summed E-state index contributed by atoms with van der Waals surface area (Å²) in [6.07, 6.45) is 0. The third kappa shape index (κ3) is 3.99. The van der Waals surface area contributed by atoms with Gasteiger partial charge in [-0.3, -0.25) is 0 Å². The Bertz CT molecular complexity index is 831. The maximum absolute atomic E-state index is 5.78. The predicted octanol–water partition coefficient (Wildman–Crippen LogP) is 5.07. The Hall–Kier alpha value is -0.951. The van der Waals surface area contributed by atoms with Gasteiger partial charge in [0.25, 0.3) is 0 Å². The minimum atomic E-state index is -1.76. The molecule has 0 fully saturated rings. The molecule has 0 saturated heterocycles. The van der Waals surface area contributed by atoms with Crippen molar-refractivity contribution in [1.82, 2.24) is 0 Å². The van der Waals surface area contributed by atoms with Crippen LogP contribution in [-0.4, -0.2) is 19.3 Å². The predicted molar refractivity (Wildman–Crippen MR) is 115 cm³/mol. The fraction of sp³-hybridized carbons (Fsp3) is 0.0500. The second kappa shape index (κ2) is 7.95. The standard InChI is InChI=1S/C20H17PS2Se/c1-16-12-14-17(15-13-16)20(22)23-21(24,18-8-4-2-5-9-18)19-10-6-3-7-11-19/h2-15H,1H3. The van der Waals surface area contributed by atoms with Gasteiger partial charge in [0, 0.05) is 0 Å². The van der Waals surface area contributed by atoms with Crippen molar-refractivity contribution >= 4 is 58.2 Å². The van der Waals surface area contributed by atoms with Crippen molar-refractivity contribution in [3.05, 3.63) is 96.1 Å². The summed E-state index contributed by atoms with van der Waals surface area (Å²) in [4.78, 5) is 0. The van der Waals surface area contributed by atoms with Gasteiger partial charge in [0.15, 0.2) is 0 Å². The van der Waals surface area contributed by atoms with Crippen LogP contribution in [0.1, 0.15) is 11.1 Å². The Labute approximate surface area is 160 Å². The van der Waals surface area contributed by atoms with E-state index in [1.54, 1.807) is 11.4 Å². The van der Waals surface area contributed by atoms with E-state index in [-0.39, 0.29) is 0 Å². The Morgan fingerprint density at radius 2 is 1.25 bits per heavy atom. The molecule has 4 heteroatoms. The van der Waals surface area contributed by atoms with Crippen LogP contribution in [-0.2, 0) is 0 Å². The van der Waals surface area contributed by atoms with Gasteiger partial charge in [0.1, 0.15) is 0 Å². The second-order valence-corrected chi connectivity index (χ2v) is 16.1. The number of hydrogen-bond donors (Lipinski definition) is 0. The van der Waals surface area contributed by atoms with Crippen molar-refractivity contribution in [3.63, 3.8) is 0 Å². The number of aryl methyl sites for hydroxylation is 1. The molecule has 24 heavy (non-hydrogen) atoms. The van der Waals surface area contributed by atoms with Crippen molar-refractivity contribution in [2.45, 2.75) is 6.92 Å². The Morgan fingerprint density at radius 3 is 1.71 bits per heavy atom. The van der Waals surface area contributed by atoms with Gasteiger partial charge in [-0.2, -0.15) is 0 Å². The molecule has 0 atom stereocenters. The van der Waals surface area contributed by atoms with Crippen LogP contribution in [0.25, 0.3) is 0 Å². The molecule has 0 aromatic heterocycles. The molecule has 0 heterocycles. The summed E-state index contributed by atoms with van der Waals surface area (Å²) < 4.78 is -0.817. The molecule has 0 saturated carbocycles. The zero-order valence-electron chi connectivity index (χ0n) is 13.3. The van der Waals surface area contributed by atoms with Gasteiger partial charge in [-0.05, 0) is 0 Å². The van der Waals surface area contributed by atoms with E-state index in [0.29, 0.717) is 0 Å². The quantitative estimate of drug-likeness (QED) is 0.321. The first-order valence-corrected chi connectivity index (χ1v) is 13.4. The van der Waals surface area contributed by atoms with E-state index < -0.39 is 4.71 Å². The van der Waals surface area contributed by atoms with Gasteiger partial charge >= 0.3 is 161 Å². The van der Waals surface area contributed by atoms with E-state index in [1.807, 2.05) is 0 Å². The number of hydrogen-bond acceptors (Lipinski definition) is 2. The van der Waals surface area contributed by atoms with Crippen molar-refractivity contribution in [3.8, 4) is 0 Å². The normalized spacial score (nSPS) is 11.2. The monoisotopic (exact) mass is 432 g/mol. The average Bonchev–Trinajstić information content (AvgIpc) is 2.63. The molecule has 3 aromatic rings. The molecule has 120 valence electrons. The molecular formula is C20H17PS2Se. The molecule has 3 rings (SSSR count). The molecular weight excluding hydrogens is 414 g/mol. The van der Waals surface area contributed by atoms with E-state index in [4.69, 9.17) is 12.2 Å². The topological polar surface area (TPSA) is 0 Å². The van der Waals surface area contributed by atoms with E-state index in [1.165, 1.54) is 16.2 Å². The van der Waals surface area contributed by atoms with Crippen LogP contribution >= 0.6 is 28.3 Å². The van der Waals surface area contributed by atoms with Gasteiger partial charge in [-0.25, -0.2) is 0 Å². The SMILES string of the molecule is Cc1ccc(C(=S)SP(=[Se])(c2ccccc2)c2ccccc2)cc1. The summed E-state index contributed by atoms with van der Waals surface area (Å²) in [7, 11) is 0. The Morgan fingerprint density at radius 1 is 0.792 bits per heavy atom. The van der Waals surface area contributed by atoms with Crippen LogP contribution in [0, 0.1) is 6.92 Å². The molecule has 0 N–H and O–H groups in total. The number of thiocarbonyl (C=S) groups is 1. The van der Waals surface area contributed by atoms with E-state index in [9.17, 15) is 0 Å². The van der Waals surface area contributed by atoms with Crippen LogP contribution in [0.15, 0.2) is 84.9 Å². The molecule has 0 amide bonds. The summed E-state index contributed by atoms with van der Waals surface area (Å²) in [5.41, 5.74) is 2.37. The Balaban J connectivity index is 2.02. The van der Waals surface area contributed by atoms with Gasteiger partial charge in [-0.15, -0.1) is 0 Å². The fourth-order valence-corrected chi connectivity index (χ4v) is 11.9. The van der Waals surface area contributed by atoms with Crippen LogP contribution in [0.2, 0.25) is 0 Å². The zero-order chi connectivity index (χ0) is 17.0. The van der Waals surface area contributed by atoms with Crippen LogP contribution in [0.3, 0.4) is 0 Å². The molecule has 0 radical (unpaired) electrons. The fourth-order valence-electron chi connectivity index (χ4n) is 2.36. The molecule has 3 aromatic carbocycles. The summed E-state index contributed by atoms with van der Waals surface area (Å²) >= 11 is 11.1. The van der Waals surface area contributed by atoms with E-state index in [0.717, 1.165) is 9.76 Å². The zero-order valence-corrected chi connectivity index (χ0v) is 17.5. The molecule has 0 spiro atoms. The summed E-state index contributed by atoms with van der Waals surface area (Å²) in [5.74, 6) is 0. The molecule has 0 bridgehead atoms. The molecule has 0 nitrogen and oxygen atoms in total. The van der Waals surface area contributed by atoms with Crippen LogP contribution in [0.4, 0.5) is 0 Å². The van der Waals surface area contributed by atoms with E-state index in [2.05, 4.69) is 107 Å². The summed E-state index contributed by atoms with van der Waals surface area (Å²) in [6.45, 7) is 2.10. The maximum atomic E-state index is 5.78. The van der Waals surface area contributed by atoms with Gasteiger partial charge in [-0.1, -0.05) is 0 Å². The van der Waals surface area contributed by atoms with E-state index >= 15 is 0 Å². The van der Waals surface area contributed by atoms with Gasteiger partial charge in [0.05, 0.1) is 0 Å². The third-order valence-electron chi connectivity index (χ3n) is 3.69. The van der Waals surface area contributed by atoms with Crippen molar-refractivity contribution < 1.29 is 0 Å². The first-order valence-electron chi connectivity index (χ1n) is 7.61. The average molecular weight is 431 g/mol. The molecule has 0 aliphatic carbocycles. The minimum absolute atomic E-state index is 0.940. The number of benzene rings is 3. The molecule has 0 unspecified atom stereocenters. The van der Waals surface area contributed by atoms with Crippen LogP contribution < -0.4 is 10.6 Å². The third-order valence-corrected chi connectivity index (χ3v) is 13.8. The van der Waals surface area contributed by atoms with Crippen molar-refractivity contribution in [1.29, 1.82) is 0 Å². The number of rotatable bonds is 4. The van der Waals surface area contributed by atoms with Crippen molar-refractivity contribution in [2.24, 2.45) is 0 Å². The molecule has 0 aliphatic rings. The first-order chi connectivity index (χ1) is 11.6.